The zero-order valence-corrected chi connectivity index (χ0v) is 12.3. The van der Waals surface area contributed by atoms with Crippen LogP contribution in [0, 0.1) is 5.92 Å². The second-order valence-electron chi connectivity index (χ2n) is 6.60. The molecule has 0 fully saturated rings. The van der Waals surface area contributed by atoms with Crippen LogP contribution in [0.2, 0.25) is 23.7 Å². The molecule has 2 atom stereocenters. The van der Waals surface area contributed by atoms with Crippen LogP contribution in [0.25, 0.3) is 0 Å². The van der Waals surface area contributed by atoms with E-state index >= 15 is 0 Å². The lowest BCUT2D eigenvalue weighted by atomic mass is 10.1. The van der Waals surface area contributed by atoms with Crippen molar-refractivity contribution in [3.05, 3.63) is 0 Å². The Morgan fingerprint density at radius 2 is 1.36 bits per heavy atom. The van der Waals surface area contributed by atoms with Crippen molar-refractivity contribution < 1.29 is 0 Å². The second-order valence-corrected chi connectivity index (χ2v) is 12.2. The largest absolute Gasteiger partial charge is 0.328 e. The Morgan fingerprint density at radius 1 is 1.00 bits per heavy atom. The highest BCUT2D eigenvalue weighted by atomic mass is 28.3. The summed E-state index contributed by atoms with van der Waals surface area (Å²) in [5.74, 6) is 0.705. The number of hydrogen-bond acceptors (Lipinski definition) is 1. The first-order valence-corrected chi connectivity index (χ1v) is 8.85. The summed E-state index contributed by atoms with van der Waals surface area (Å²) >= 11 is 0. The van der Waals surface area contributed by atoms with Crippen LogP contribution in [-0.2, 0) is 0 Å². The molecule has 0 amide bonds. The van der Waals surface area contributed by atoms with E-state index in [9.17, 15) is 0 Å². The SMILES string of the molecule is CC(C)[C@H]([C@@H](C)N)[Si](C)(C)C(C)(C)C. The topological polar surface area (TPSA) is 26.0 Å². The van der Waals surface area contributed by atoms with E-state index in [1.165, 1.54) is 0 Å². The van der Waals surface area contributed by atoms with Gasteiger partial charge in [0, 0.05) is 6.04 Å². The van der Waals surface area contributed by atoms with E-state index < -0.39 is 8.07 Å². The predicted molar refractivity (Wildman–Crippen MR) is 69.4 cm³/mol. The van der Waals surface area contributed by atoms with Gasteiger partial charge in [0.2, 0.25) is 0 Å². The minimum atomic E-state index is -1.29. The smallest absolute Gasteiger partial charge is 0.0577 e. The molecular weight excluding hydrogens is 186 g/mol. The number of rotatable bonds is 3. The third-order valence-corrected chi connectivity index (χ3v) is 10.8. The van der Waals surface area contributed by atoms with Gasteiger partial charge in [-0.2, -0.15) is 0 Å². The molecule has 0 saturated carbocycles. The predicted octanol–water partition coefficient (Wildman–Crippen LogP) is 3.87. The second kappa shape index (κ2) is 4.36. The molecule has 0 aromatic heterocycles. The van der Waals surface area contributed by atoms with E-state index in [1.807, 2.05) is 0 Å². The van der Waals surface area contributed by atoms with Gasteiger partial charge in [0.25, 0.3) is 0 Å². The first kappa shape index (κ1) is 14.2. The first-order valence-electron chi connectivity index (χ1n) is 5.77. The van der Waals surface area contributed by atoms with Gasteiger partial charge in [-0.05, 0) is 23.4 Å². The molecule has 0 radical (unpaired) electrons. The Morgan fingerprint density at radius 3 is 1.43 bits per heavy atom. The summed E-state index contributed by atoms with van der Waals surface area (Å²) in [6.07, 6.45) is 0. The van der Waals surface area contributed by atoms with Gasteiger partial charge < -0.3 is 5.73 Å². The maximum absolute atomic E-state index is 6.16. The molecule has 0 aliphatic carbocycles. The fourth-order valence-corrected chi connectivity index (χ4v) is 6.58. The molecular formula is C12H29NSi. The monoisotopic (exact) mass is 215 g/mol. The van der Waals surface area contributed by atoms with Crippen LogP contribution in [0.3, 0.4) is 0 Å². The van der Waals surface area contributed by atoms with Crippen LogP contribution < -0.4 is 5.73 Å². The minimum Gasteiger partial charge on any atom is -0.328 e. The molecule has 0 aromatic rings. The fraction of sp³-hybridized carbons (Fsp3) is 1.00. The van der Waals surface area contributed by atoms with E-state index in [-0.39, 0.29) is 0 Å². The van der Waals surface area contributed by atoms with Gasteiger partial charge >= 0.3 is 0 Å². The van der Waals surface area contributed by atoms with Crippen LogP contribution in [0.15, 0.2) is 0 Å². The summed E-state index contributed by atoms with van der Waals surface area (Å²) in [7, 11) is -1.29. The highest BCUT2D eigenvalue weighted by Crippen LogP contribution is 2.47. The van der Waals surface area contributed by atoms with E-state index in [0.29, 0.717) is 22.5 Å². The molecule has 0 unspecified atom stereocenters. The Labute approximate surface area is 91.5 Å². The highest BCUT2D eigenvalue weighted by molar-refractivity contribution is 6.81. The molecule has 0 rings (SSSR count). The number of nitrogens with two attached hydrogens (primary N) is 1. The Hall–Kier alpha value is 0.177. The summed E-state index contributed by atoms with van der Waals surface area (Å²) in [6, 6.07) is 0.330. The van der Waals surface area contributed by atoms with E-state index in [0.717, 1.165) is 0 Å². The summed E-state index contributed by atoms with van der Waals surface area (Å²) in [4.78, 5) is 0. The van der Waals surface area contributed by atoms with Crippen LogP contribution in [-0.4, -0.2) is 14.1 Å². The van der Waals surface area contributed by atoms with Gasteiger partial charge in [0.1, 0.15) is 0 Å². The average Bonchev–Trinajstić information content (AvgIpc) is 1.79. The maximum atomic E-state index is 6.16. The molecule has 0 aliphatic heterocycles. The summed E-state index contributed by atoms with van der Waals surface area (Å²) in [5.41, 5.74) is 6.87. The molecule has 0 aromatic carbocycles. The van der Waals surface area contributed by atoms with Crippen molar-refractivity contribution in [3.8, 4) is 0 Å². The van der Waals surface area contributed by atoms with E-state index in [2.05, 4.69) is 54.6 Å². The van der Waals surface area contributed by atoms with E-state index in [1.54, 1.807) is 0 Å². The molecule has 14 heavy (non-hydrogen) atoms. The quantitative estimate of drug-likeness (QED) is 0.711. The summed E-state index contributed by atoms with van der Waals surface area (Å²) in [5, 5.41) is 0.440. The van der Waals surface area contributed by atoms with Gasteiger partial charge in [0.15, 0.2) is 0 Å². The molecule has 0 heterocycles. The molecule has 0 spiro atoms. The highest BCUT2D eigenvalue weighted by Gasteiger charge is 2.44. The maximum Gasteiger partial charge on any atom is 0.0577 e. The van der Waals surface area contributed by atoms with Gasteiger partial charge in [-0.25, -0.2) is 0 Å². The zero-order chi connectivity index (χ0) is 11.7. The average molecular weight is 215 g/mol. The van der Waals surface area contributed by atoms with Crippen molar-refractivity contribution in [1.29, 1.82) is 0 Å². The summed E-state index contributed by atoms with van der Waals surface area (Å²) in [6.45, 7) is 18.9. The van der Waals surface area contributed by atoms with Crippen LogP contribution in [0.4, 0.5) is 0 Å². The van der Waals surface area contributed by atoms with Crippen molar-refractivity contribution in [3.63, 3.8) is 0 Å². The van der Waals surface area contributed by atoms with Crippen LogP contribution in [0.5, 0.6) is 0 Å². The van der Waals surface area contributed by atoms with Crippen molar-refractivity contribution in [2.75, 3.05) is 0 Å². The van der Waals surface area contributed by atoms with Gasteiger partial charge in [-0.1, -0.05) is 47.7 Å². The van der Waals surface area contributed by atoms with Gasteiger partial charge in [-0.15, -0.1) is 0 Å². The molecule has 0 bridgehead atoms. The van der Waals surface area contributed by atoms with Crippen LogP contribution >= 0.6 is 0 Å². The standard InChI is InChI=1S/C12H29NSi/c1-9(2)11(10(3)13)14(7,8)12(4,5)6/h9-11H,13H2,1-8H3/t10-,11-/m1/s1. The third kappa shape index (κ3) is 2.83. The Bertz CT molecular complexity index is 169. The molecule has 1 nitrogen and oxygen atoms in total. The zero-order valence-electron chi connectivity index (χ0n) is 11.3. The fourth-order valence-electron chi connectivity index (χ4n) is 2.60. The van der Waals surface area contributed by atoms with E-state index in [4.69, 9.17) is 5.73 Å². The molecule has 0 aliphatic rings. The van der Waals surface area contributed by atoms with Crippen molar-refractivity contribution in [2.45, 2.75) is 71.3 Å². The first-order chi connectivity index (χ1) is 6.01. The lowest BCUT2D eigenvalue weighted by Gasteiger charge is -2.47. The molecule has 86 valence electrons. The lowest BCUT2D eigenvalue weighted by Crippen LogP contribution is -2.50. The lowest BCUT2D eigenvalue weighted by molar-refractivity contribution is 0.483. The Balaban J connectivity index is 5.01. The van der Waals surface area contributed by atoms with Crippen molar-refractivity contribution >= 4 is 8.07 Å². The van der Waals surface area contributed by atoms with Crippen molar-refractivity contribution in [1.82, 2.24) is 0 Å². The normalized spacial score (nSPS) is 18.4. The van der Waals surface area contributed by atoms with Crippen LogP contribution in [0.1, 0.15) is 41.5 Å². The Kier molecular flexibility index (Phi) is 4.41. The van der Waals surface area contributed by atoms with Crippen molar-refractivity contribution in [2.24, 2.45) is 11.7 Å². The summed E-state index contributed by atoms with van der Waals surface area (Å²) < 4.78 is 0. The molecule has 2 N–H and O–H groups in total. The molecule has 0 saturated heterocycles. The van der Waals surface area contributed by atoms with Gasteiger partial charge in [-0.3, -0.25) is 0 Å². The minimum absolute atomic E-state index is 0.330. The van der Waals surface area contributed by atoms with Gasteiger partial charge in [0.05, 0.1) is 8.07 Å². The molecule has 2 heteroatoms. The third-order valence-electron chi connectivity index (χ3n) is 4.05. The number of hydrogen-bond donors (Lipinski definition) is 1.